The molecule has 2 heterocycles. The number of hydrogen-bond acceptors (Lipinski definition) is 3. The number of thiol groups is 1. The van der Waals surface area contributed by atoms with E-state index in [0.717, 1.165) is 5.92 Å². The first kappa shape index (κ1) is 9.81. The monoisotopic (exact) mass is 200 g/mol. The fourth-order valence-electron chi connectivity index (χ4n) is 2.52. The number of hydrogen-bond donors (Lipinski definition) is 1. The second-order valence-corrected chi connectivity index (χ2v) is 4.99. The minimum Gasteiger partial charge on any atom is -0.303 e. The van der Waals surface area contributed by atoms with Gasteiger partial charge in [0.05, 0.1) is 0 Å². The molecule has 0 aliphatic carbocycles. The largest absolute Gasteiger partial charge is 0.303 e. The normalized spacial score (nSPS) is 32.5. The molecular formula is C10H20N2S. The van der Waals surface area contributed by atoms with Gasteiger partial charge in [0.1, 0.15) is 0 Å². The summed E-state index contributed by atoms with van der Waals surface area (Å²) in [6, 6.07) is 0. The quantitative estimate of drug-likeness (QED) is 0.677. The smallest absolute Gasteiger partial charge is 0.0128 e. The maximum absolute atomic E-state index is 4.43. The van der Waals surface area contributed by atoms with Crippen LogP contribution >= 0.6 is 12.8 Å². The van der Waals surface area contributed by atoms with Crippen molar-refractivity contribution < 1.29 is 0 Å². The van der Waals surface area contributed by atoms with E-state index in [-0.39, 0.29) is 0 Å². The molecular weight excluding hydrogens is 180 g/mol. The highest BCUT2D eigenvalue weighted by molar-refractivity contribution is 7.77. The molecule has 13 heavy (non-hydrogen) atoms. The number of piperidine rings is 1. The summed E-state index contributed by atoms with van der Waals surface area (Å²) >= 11 is 4.43. The zero-order chi connectivity index (χ0) is 9.10. The molecule has 2 aliphatic heterocycles. The van der Waals surface area contributed by atoms with Crippen molar-refractivity contribution in [3.05, 3.63) is 0 Å². The first-order valence-corrected chi connectivity index (χ1v) is 5.91. The van der Waals surface area contributed by atoms with Gasteiger partial charge in [-0.15, -0.1) is 0 Å². The van der Waals surface area contributed by atoms with Gasteiger partial charge in [0, 0.05) is 19.6 Å². The van der Waals surface area contributed by atoms with E-state index in [0.29, 0.717) is 0 Å². The van der Waals surface area contributed by atoms with Crippen LogP contribution in [0.25, 0.3) is 0 Å². The Hall–Kier alpha value is 0.270. The second-order valence-electron chi connectivity index (χ2n) is 4.43. The Morgan fingerprint density at radius 3 is 2.54 bits per heavy atom. The van der Waals surface area contributed by atoms with Crippen molar-refractivity contribution in [1.82, 2.24) is 9.21 Å². The van der Waals surface area contributed by atoms with Crippen LogP contribution in [0, 0.1) is 5.92 Å². The van der Waals surface area contributed by atoms with E-state index in [9.17, 15) is 0 Å². The standard InChI is InChI=1S/C10H20N2S/c13-12-7-3-4-10(9-12)8-11-5-1-2-6-11/h10,13H,1-9H2. The fourth-order valence-corrected chi connectivity index (χ4v) is 2.89. The lowest BCUT2D eigenvalue weighted by Crippen LogP contribution is -2.36. The summed E-state index contributed by atoms with van der Waals surface area (Å²) in [6.07, 6.45) is 5.57. The third-order valence-electron chi connectivity index (χ3n) is 3.21. The molecule has 2 aliphatic rings. The van der Waals surface area contributed by atoms with Crippen molar-refractivity contribution in [3.63, 3.8) is 0 Å². The van der Waals surface area contributed by atoms with Crippen LogP contribution in [0.4, 0.5) is 0 Å². The molecule has 76 valence electrons. The van der Waals surface area contributed by atoms with Crippen LogP contribution in [-0.2, 0) is 0 Å². The first-order chi connectivity index (χ1) is 6.34. The molecule has 0 aromatic heterocycles. The van der Waals surface area contributed by atoms with E-state index in [1.165, 1.54) is 58.4 Å². The third kappa shape index (κ3) is 2.86. The van der Waals surface area contributed by atoms with Gasteiger partial charge in [0.2, 0.25) is 0 Å². The van der Waals surface area contributed by atoms with Crippen LogP contribution in [-0.4, -0.2) is 41.9 Å². The van der Waals surface area contributed by atoms with Crippen LogP contribution in [0.5, 0.6) is 0 Å². The van der Waals surface area contributed by atoms with Crippen LogP contribution in [0.3, 0.4) is 0 Å². The Balaban J connectivity index is 1.73. The molecule has 0 bridgehead atoms. The predicted molar refractivity (Wildman–Crippen MR) is 59.0 cm³/mol. The van der Waals surface area contributed by atoms with Gasteiger partial charge in [-0.2, -0.15) is 0 Å². The SMILES string of the molecule is SN1CCCC(CN2CCCC2)C1. The summed E-state index contributed by atoms with van der Waals surface area (Å²) < 4.78 is 2.18. The lowest BCUT2D eigenvalue weighted by atomic mass is 9.99. The van der Waals surface area contributed by atoms with Gasteiger partial charge in [0.25, 0.3) is 0 Å². The average molecular weight is 200 g/mol. The van der Waals surface area contributed by atoms with Gasteiger partial charge in [-0.3, -0.25) is 4.31 Å². The van der Waals surface area contributed by atoms with Crippen LogP contribution < -0.4 is 0 Å². The van der Waals surface area contributed by atoms with Gasteiger partial charge < -0.3 is 4.90 Å². The van der Waals surface area contributed by atoms with Crippen LogP contribution in [0.2, 0.25) is 0 Å². The maximum Gasteiger partial charge on any atom is 0.0128 e. The zero-order valence-corrected chi connectivity index (χ0v) is 9.18. The summed E-state index contributed by atoms with van der Waals surface area (Å²) in [5, 5.41) is 0. The molecule has 2 saturated heterocycles. The molecule has 2 rings (SSSR count). The molecule has 0 aromatic carbocycles. The van der Waals surface area contributed by atoms with Crippen molar-refractivity contribution in [2.24, 2.45) is 5.92 Å². The minimum absolute atomic E-state index is 0.879. The second kappa shape index (κ2) is 4.67. The lowest BCUT2D eigenvalue weighted by molar-refractivity contribution is 0.209. The molecule has 1 atom stereocenters. The molecule has 3 heteroatoms. The Labute approximate surface area is 86.8 Å². The fraction of sp³-hybridized carbons (Fsp3) is 1.00. The average Bonchev–Trinajstić information content (AvgIpc) is 2.57. The molecule has 0 spiro atoms. The first-order valence-electron chi connectivity index (χ1n) is 5.51. The molecule has 0 aromatic rings. The van der Waals surface area contributed by atoms with Crippen molar-refractivity contribution in [2.45, 2.75) is 25.7 Å². The van der Waals surface area contributed by atoms with E-state index in [4.69, 9.17) is 0 Å². The van der Waals surface area contributed by atoms with Crippen molar-refractivity contribution in [1.29, 1.82) is 0 Å². The summed E-state index contributed by atoms with van der Waals surface area (Å²) in [4.78, 5) is 2.62. The predicted octanol–water partition coefficient (Wildman–Crippen LogP) is 1.64. The van der Waals surface area contributed by atoms with Crippen LogP contribution in [0.15, 0.2) is 0 Å². The summed E-state index contributed by atoms with van der Waals surface area (Å²) in [5.41, 5.74) is 0. The topological polar surface area (TPSA) is 6.48 Å². The van der Waals surface area contributed by atoms with Crippen molar-refractivity contribution in [3.8, 4) is 0 Å². The molecule has 2 nitrogen and oxygen atoms in total. The summed E-state index contributed by atoms with van der Waals surface area (Å²) in [5.74, 6) is 0.879. The minimum atomic E-state index is 0.879. The van der Waals surface area contributed by atoms with Gasteiger partial charge in [0.15, 0.2) is 0 Å². The van der Waals surface area contributed by atoms with Crippen molar-refractivity contribution >= 4 is 12.8 Å². The molecule has 2 fully saturated rings. The van der Waals surface area contributed by atoms with Gasteiger partial charge in [-0.05, 0) is 44.7 Å². The Bertz CT molecular complexity index is 157. The van der Waals surface area contributed by atoms with E-state index < -0.39 is 0 Å². The Kier molecular flexibility index (Phi) is 3.52. The van der Waals surface area contributed by atoms with E-state index >= 15 is 0 Å². The Morgan fingerprint density at radius 1 is 1.08 bits per heavy atom. The molecule has 0 saturated carbocycles. The van der Waals surface area contributed by atoms with E-state index in [1.807, 2.05) is 0 Å². The van der Waals surface area contributed by atoms with Gasteiger partial charge in [-0.25, -0.2) is 0 Å². The molecule has 1 unspecified atom stereocenters. The number of likely N-dealkylation sites (tertiary alicyclic amines) is 1. The number of rotatable bonds is 2. The molecule has 0 amide bonds. The Morgan fingerprint density at radius 2 is 1.85 bits per heavy atom. The maximum atomic E-state index is 4.43. The highest BCUT2D eigenvalue weighted by atomic mass is 32.1. The highest BCUT2D eigenvalue weighted by Crippen LogP contribution is 2.20. The highest BCUT2D eigenvalue weighted by Gasteiger charge is 2.21. The zero-order valence-electron chi connectivity index (χ0n) is 8.28. The van der Waals surface area contributed by atoms with E-state index in [1.54, 1.807) is 0 Å². The van der Waals surface area contributed by atoms with E-state index in [2.05, 4.69) is 22.0 Å². The number of nitrogens with zero attached hydrogens (tertiary/aromatic N) is 2. The molecule has 0 N–H and O–H groups in total. The molecule has 0 radical (unpaired) electrons. The van der Waals surface area contributed by atoms with Gasteiger partial charge in [-0.1, -0.05) is 12.8 Å². The lowest BCUT2D eigenvalue weighted by Gasteiger charge is -2.31. The van der Waals surface area contributed by atoms with Crippen LogP contribution in [0.1, 0.15) is 25.7 Å². The van der Waals surface area contributed by atoms with Crippen molar-refractivity contribution in [2.75, 3.05) is 32.7 Å². The van der Waals surface area contributed by atoms with Gasteiger partial charge >= 0.3 is 0 Å². The third-order valence-corrected chi connectivity index (χ3v) is 3.58. The summed E-state index contributed by atoms with van der Waals surface area (Å²) in [6.45, 7) is 6.36. The summed E-state index contributed by atoms with van der Waals surface area (Å²) in [7, 11) is 0.